The third kappa shape index (κ3) is 3.88. The topological polar surface area (TPSA) is 71.4 Å². The first-order valence-corrected chi connectivity index (χ1v) is 12.4. The highest BCUT2D eigenvalue weighted by molar-refractivity contribution is 7.90. The van der Waals surface area contributed by atoms with Crippen LogP contribution in [0, 0.1) is 13.8 Å². The monoisotopic (exact) mass is 407 g/mol. The van der Waals surface area contributed by atoms with Gasteiger partial charge in [-0.05, 0) is 58.4 Å². The van der Waals surface area contributed by atoms with E-state index in [-0.39, 0.29) is 17.2 Å². The Morgan fingerprint density at radius 1 is 1.00 bits per heavy atom. The first-order chi connectivity index (χ1) is 13.4. The number of carbonyl (C=O) groups is 1. The van der Waals surface area contributed by atoms with Gasteiger partial charge in [0.1, 0.15) is 0 Å². The Morgan fingerprint density at radius 2 is 1.64 bits per heavy atom. The Bertz CT molecular complexity index is 827. The minimum Gasteiger partial charge on any atom is -0.349 e. The van der Waals surface area contributed by atoms with Crippen molar-refractivity contribution in [1.82, 2.24) is 14.2 Å². The number of aromatic nitrogens is 1. The standard InChI is InChI=1S/C21H33N3O3S/c1-15-14-20(16(2)24(15)18-6-4-3-5-7-18)21(25)22-17-10-12-23(13-11-17)28(26,27)19-8-9-19/h14,17-19H,3-13H2,1-2H3,(H,22,25). The van der Waals surface area contributed by atoms with E-state index >= 15 is 0 Å². The first kappa shape index (κ1) is 20.0. The fourth-order valence-corrected chi connectivity index (χ4v) is 6.88. The minimum absolute atomic E-state index is 0.0151. The van der Waals surface area contributed by atoms with Crippen LogP contribution in [0.1, 0.15) is 85.6 Å². The van der Waals surface area contributed by atoms with Crippen molar-refractivity contribution in [3.63, 3.8) is 0 Å². The highest BCUT2D eigenvalue weighted by atomic mass is 32.2. The van der Waals surface area contributed by atoms with Crippen LogP contribution in [-0.2, 0) is 10.0 Å². The molecule has 1 aliphatic heterocycles. The zero-order valence-corrected chi connectivity index (χ0v) is 17.9. The summed E-state index contributed by atoms with van der Waals surface area (Å²) in [6, 6.07) is 2.59. The summed E-state index contributed by atoms with van der Waals surface area (Å²) in [5.74, 6) is -0.0151. The van der Waals surface area contributed by atoms with Gasteiger partial charge in [0.15, 0.2) is 0 Å². The van der Waals surface area contributed by atoms with Gasteiger partial charge >= 0.3 is 0 Å². The van der Waals surface area contributed by atoms with Crippen LogP contribution in [0.15, 0.2) is 6.07 Å². The number of aryl methyl sites for hydroxylation is 1. The van der Waals surface area contributed by atoms with Gasteiger partial charge in [-0.15, -0.1) is 0 Å². The lowest BCUT2D eigenvalue weighted by atomic mass is 9.95. The number of rotatable bonds is 5. The molecule has 1 saturated heterocycles. The summed E-state index contributed by atoms with van der Waals surface area (Å²) in [6.07, 6.45) is 9.25. The number of piperidine rings is 1. The van der Waals surface area contributed by atoms with Crippen molar-refractivity contribution in [2.24, 2.45) is 0 Å². The van der Waals surface area contributed by atoms with Gasteiger partial charge in [0.05, 0.1) is 10.8 Å². The summed E-state index contributed by atoms with van der Waals surface area (Å²) in [4.78, 5) is 12.9. The molecule has 156 valence electrons. The highest BCUT2D eigenvalue weighted by Gasteiger charge is 2.41. The van der Waals surface area contributed by atoms with E-state index in [0.29, 0.717) is 32.0 Å². The highest BCUT2D eigenvalue weighted by Crippen LogP contribution is 2.33. The summed E-state index contributed by atoms with van der Waals surface area (Å²) in [6.45, 7) is 5.19. The maximum absolute atomic E-state index is 12.9. The van der Waals surface area contributed by atoms with Crippen LogP contribution in [-0.4, -0.2) is 47.6 Å². The molecule has 0 spiro atoms. The first-order valence-electron chi connectivity index (χ1n) is 10.9. The van der Waals surface area contributed by atoms with Gasteiger partial charge in [-0.2, -0.15) is 0 Å². The number of hydrogen-bond acceptors (Lipinski definition) is 3. The molecule has 3 fully saturated rings. The van der Waals surface area contributed by atoms with Crippen LogP contribution in [0.25, 0.3) is 0 Å². The van der Waals surface area contributed by atoms with E-state index in [2.05, 4.69) is 23.7 Å². The quantitative estimate of drug-likeness (QED) is 0.814. The molecule has 2 saturated carbocycles. The Morgan fingerprint density at radius 3 is 2.25 bits per heavy atom. The summed E-state index contributed by atoms with van der Waals surface area (Å²) in [5, 5.41) is 3.01. The van der Waals surface area contributed by atoms with Crippen molar-refractivity contribution in [3.05, 3.63) is 23.0 Å². The van der Waals surface area contributed by atoms with Gasteiger partial charge in [-0.3, -0.25) is 4.79 Å². The van der Waals surface area contributed by atoms with Gasteiger partial charge in [-0.1, -0.05) is 19.3 Å². The van der Waals surface area contributed by atoms with E-state index in [9.17, 15) is 13.2 Å². The average molecular weight is 408 g/mol. The van der Waals surface area contributed by atoms with Crippen LogP contribution in [0.4, 0.5) is 0 Å². The van der Waals surface area contributed by atoms with Crippen molar-refractivity contribution in [2.45, 2.75) is 89.0 Å². The zero-order chi connectivity index (χ0) is 19.9. The molecule has 0 atom stereocenters. The molecule has 2 aliphatic carbocycles. The number of amides is 1. The normalized spacial score (nSPS) is 23.1. The predicted molar refractivity (Wildman–Crippen MR) is 110 cm³/mol. The third-order valence-corrected chi connectivity index (χ3v) is 9.16. The molecule has 6 nitrogen and oxygen atoms in total. The van der Waals surface area contributed by atoms with E-state index in [1.165, 1.54) is 37.8 Å². The molecule has 28 heavy (non-hydrogen) atoms. The molecule has 0 aromatic carbocycles. The molecular weight excluding hydrogens is 374 g/mol. The lowest BCUT2D eigenvalue weighted by molar-refractivity contribution is 0.0923. The summed E-state index contributed by atoms with van der Waals surface area (Å²) < 4.78 is 28.7. The third-order valence-electron chi connectivity index (χ3n) is 6.76. The molecule has 2 heterocycles. The Labute approximate surface area is 168 Å². The number of sulfonamides is 1. The Balaban J connectivity index is 1.38. The lowest BCUT2D eigenvalue weighted by Crippen LogP contribution is -2.47. The largest absolute Gasteiger partial charge is 0.349 e. The van der Waals surface area contributed by atoms with Gasteiger partial charge in [-0.25, -0.2) is 12.7 Å². The maximum atomic E-state index is 12.9. The molecule has 4 rings (SSSR count). The predicted octanol–water partition coefficient (Wildman–Crippen LogP) is 3.30. The number of hydrogen-bond donors (Lipinski definition) is 1. The zero-order valence-electron chi connectivity index (χ0n) is 17.1. The van der Waals surface area contributed by atoms with Crippen LogP contribution in [0.5, 0.6) is 0 Å². The molecule has 1 amide bonds. The average Bonchev–Trinajstić information content (AvgIpc) is 3.49. The second-order valence-corrected chi connectivity index (χ2v) is 11.1. The van der Waals surface area contributed by atoms with Crippen LogP contribution in [0.3, 0.4) is 0 Å². The lowest BCUT2D eigenvalue weighted by Gasteiger charge is -2.31. The van der Waals surface area contributed by atoms with E-state index in [0.717, 1.165) is 24.1 Å². The fourth-order valence-electron chi connectivity index (χ4n) is 5.00. The van der Waals surface area contributed by atoms with E-state index in [1.54, 1.807) is 4.31 Å². The van der Waals surface area contributed by atoms with Crippen molar-refractivity contribution in [3.8, 4) is 0 Å². The molecule has 1 aromatic rings. The number of nitrogens with zero attached hydrogens (tertiary/aromatic N) is 2. The molecule has 0 unspecified atom stereocenters. The van der Waals surface area contributed by atoms with Gasteiger partial charge in [0.2, 0.25) is 10.0 Å². The van der Waals surface area contributed by atoms with Crippen molar-refractivity contribution in [2.75, 3.05) is 13.1 Å². The molecule has 7 heteroatoms. The second kappa shape index (κ2) is 7.82. The number of nitrogens with one attached hydrogen (secondary N) is 1. The molecule has 0 bridgehead atoms. The smallest absolute Gasteiger partial charge is 0.253 e. The molecular formula is C21H33N3O3S. The fraction of sp³-hybridized carbons (Fsp3) is 0.762. The molecule has 0 radical (unpaired) electrons. The van der Waals surface area contributed by atoms with Crippen molar-refractivity contribution in [1.29, 1.82) is 0 Å². The van der Waals surface area contributed by atoms with Crippen LogP contribution in [0.2, 0.25) is 0 Å². The molecule has 1 N–H and O–H groups in total. The summed E-state index contributed by atoms with van der Waals surface area (Å²) >= 11 is 0. The number of carbonyl (C=O) groups excluding carboxylic acids is 1. The van der Waals surface area contributed by atoms with Crippen LogP contribution < -0.4 is 5.32 Å². The van der Waals surface area contributed by atoms with Crippen molar-refractivity contribution >= 4 is 15.9 Å². The summed E-state index contributed by atoms with van der Waals surface area (Å²) in [5.41, 5.74) is 3.01. The maximum Gasteiger partial charge on any atom is 0.253 e. The molecule has 1 aromatic heterocycles. The van der Waals surface area contributed by atoms with Crippen LogP contribution >= 0.6 is 0 Å². The summed E-state index contributed by atoms with van der Waals surface area (Å²) in [7, 11) is -3.10. The van der Waals surface area contributed by atoms with E-state index in [1.807, 2.05) is 6.07 Å². The van der Waals surface area contributed by atoms with E-state index in [4.69, 9.17) is 0 Å². The van der Waals surface area contributed by atoms with Gasteiger partial charge in [0, 0.05) is 36.6 Å². The van der Waals surface area contributed by atoms with E-state index < -0.39 is 10.0 Å². The minimum atomic E-state index is -3.10. The Kier molecular flexibility index (Phi) is 5.58. The van der Waals surface area contributed by atoms with Crippen molar-refractivity contribution < 1.29 is 13.2 Å². The van der Waals surface area contributed by atoms with Gasteiger partial charge in [0.25, 0.3) is 5.91 Å². The Hall–Kier alpha value is -1.34. The SMILES string of the molecule is Cc1cc(C(=O)NC2CCN(S(=O)(=O)C3CC3)CC2)c(C)n1C1CCCCC1. The second-order valence-electron chi connectivity index (χ2n) is 8.84. The molecule has 3 aliphatic rings. The van der Waals surface area contributed by atoms with Gasteiger partial charge < -0.3 is 9.88 Å².